The van der Waals surface area contributed by atoms with Gasteiger partial charge < -0.3 is 19.7 Å². The van der Waals surface area contributed by atoms with E-state index in [9.17, 15) is 19.5 Å². The van der Waals surface area contributed by atoms with Crippen LogP contribution in [0.3, 0.4) is 0 Å². The quantitative estimate of drug-likeness (QED) is 0.613. The summed E-state index contributed by atoms with van der Waals surface area (Å²) < 4.78 is 5.65. The summed E-state index contributed by atoms with van der Waals surface area (Å²) in [5.41, 5.74) is -2.24. The fourth-order valence-corrected chi connectivity index (χ4v) is 2.97. The minimum Gasteiger partial charge on any atom is -0.481 e. The van der Waals surface area contributed by atoms with Crippen molar-refractivity contribution in [2.45, 2.75) is 57.3 Å². The van der Waals surface area contributed by atoms with Crippen molar-refractivity contribution >= 4 is 26.2 Å². The van der Waals surface area contributed by atoms with E-state index in [1.54, 1.807) is 13.1 Å². The van der Waals surface area contributed by atoms with Crippen molar-refractivity contribution in [2.75, 3.05) is 0 Å². The zero-order chi connectivity index (χ0) is 16.4. The van der Waals surface area contributed by atoms with Crippen LogP contribution in [0.5, 0.6) is 0 Å². The zero-order valence-electron chi connectivity index (χ0n) is 12.4. The molecule has 0 heterocycles. The lowest BCUT2D eigenvalue weighted by Gasteiger charge is -2.42. The van der Waals surface area contributed by atoms with E-state index in [-0.39, 0.29) is 5.04 Å². The molecule has 0 fully saturated rings. The summed E-state index contributed by atoms with van der Waals surface area (Å²) in [6.45, 7) is 9.05. The summed E-state index contributed by atoms with van der Waals surface area (Å²) in [5, 5.41) is 26.7. The fourth-order valence-electron chi connectivity index (χ4n) is 1.46. The van der Waals surface area contributed by atoms with Crippen LogP contribution in [0.15, 0.2) is 0 Å². The molecule has 0 aromatic rings. The Balaban J connectivity index is 5.67. The van der Waals surface area contributed by atoms with Gasteiger partial charge in [-0.2, -0.15) is 0 Å². The highest BCUT2D eigenvalue weighted by Crippen LogP contribution is 2.41. The van der Waals surface area contributed by atoms with Crippen LogP contribution in [0.25, 0.3) is 0 Å². The monoisotopic (exact) mass is 306 g/mol. The topological polar surface area (TPSA) is 121 Å². The third-order valence-corrected chi connectivity index (χ3v) is 8.03. The van der Waals surface area contributed by atoms with E-state index in [1.165, 1.54) is 0 Å². The minimum absolute atomic E-state index is 0.370. The van der Waals surface area contributed by atoms with Gasteiger partial charge in [-0.05, 0) is 18.1 Å². The van der Waals surface area contributed by atoms with Crippen molar-refractivity contribution in [3.8, 4) is 0 Å². The predicted octanol–water partition coefficient (Wildman–Crippen LogP) is 1.78. The molecule has 0 unspecified atom stereocenters. The van der Waals surface area contributed by atoms with E-state index in [0.29, 0.717) is 0 Å². The Bertz CT molecular complexity index is 393. The Kier molecular flexibility index (Phi) is 5.50. The molecule has 0 aliphatic carbocycles. The van der Waals surface area contributed by atoms with Crippen molar-refractivity contribution in [3.63, 3.8) is 0 Å². The molecule has 0 atom stereocenters. The predicted molar refractivity (Wildman–Crippen MR) is 73.2 cm³/mol. The number of carboxylic acids is 3. The molecule has 0 aliphatic rings. The molecule has 0 bridgehead atoms. The van der Waals surface area contributed by atoms with Crippen molar-refractivity contribution in [3.05, 3.63) is 0 Å². The summed E-state index contributed by atoms with van der Waals surface area (Å²) in [4.78, 5) is 33.3. The van der Waals surface area contributed by atoms with Crippen LogP contribution in [0.2, 0.25) is 18.1 Å². The first-order valence-electron chi connectivity index (χ1n) is 6.11. The van der Waals surface area contributed by atoms with Crippen molar-refractivity contribution < 1.29 is 34.1 Å². The molecular formula is C12H22O7Si. The summed E-state index contributed by atoms with van der Waals surface area (Å²) in [7, 11) is -2.64. The highest BCUT2D eigenvalue weighted by atomic mass is 28.4. The molecule has 0 radical (unpaired) electrons. The van der Waals surface area contributed by atoms with Crippen LogP contribution in [0.1, 0.15) is 33.6 Å². The van der Waals surface area contributed by atoms with Crippen LogP contribution in [-0.4, -0.2) is 47.1 Å². The molecule has 20 heavy (non-hydrogen) atoms. The first-order chi connectivity index (χ1) is 8.73. The zero-order valence-corrected chi connectivity index (χ0v) is 13.4. The molecule has 7 nitrogen and oxygen atoms in total. The Morgan fingerprint density at radius 3 is 1.50 bits per heavy atom. The summed E-state index contributed by atoms with van der Waals surface area (Å²) in [5.74, 6) is -4.38. The Morgan fingerprint density at radius 1 is 0.950 bits per heavy atom. The van der Waals surface area contributed by atoms with Gasteiger partial charge in [0, 0.05) is 0 Å². The summed E-state index contributed by atoms with van der Waals surface area (Å²) >= 11 is 0. The molecule has 0 amide bonds. The molecule has 0 rings (SSSR count). The normalized spacial score (nSPS) is 13.1. The van der Waals surface area contributed by atoms with E-state index in [1.807, 2.05) is 20.8 Å². The van der Waals surface area contributed by atoms with Gasteiger partial charge in [0.15, 0.2) is 13.9 Å². The van der Waals surface area contributed by atoms with Crippen LogP contribution in [-0.2, 0) is 18.8 Å². The maximum Gasteiger partial charge on any atom is 0.336 e. The van der Waals surface area contributed by atoms with Gasteiger partial charge in [0.2, 0.25) is 0 Å². The molecule has 3 N–H and O–H groups in total. The second kappa shape index (κ2) is 5.92. The Morgan fingerprint density at radius 2 is 1.30 bits per heavy atom. The minimum atomic E-state index is -2.64. The maximum atomic E-state index is 11.5. The maximum absolute atomic E-state index is 11.5. The van der Waals surface area contributed by atoms with Gasteiger partial charge in [0.1, 0.15) is 0 Å². The molecule has 8 heteroatoms. The van der Waals surface area contributed by atoms with E-state index in [4.69, 9.17) is 14.6 Å². The smallest absolute Gasteiger partial charge is 0.336 e. The van der Waals surface area contributed by atoms with E-state index < -0.39 is 44.7 Å². The SMILES string of the molecule is CC(C)(C)[Si](C)(C)OC(CC(=O)O)(CC(=O)O)C(=O)O. The first kappa shape index (κ1) is 18.6. The fraction of sp³-hybridized carbons (Fsp3) is 0.750. The molecule has 0 saturated heterocycles. The molecule has 0 aromatic heterocycles. The highest BCUT2D eigenvalue weighted by molar-refractivity contribution is 6.74. The first-order valence-corrected chi connectivity index (χ1v) is 9.01. The highest BCUT2D eigenvalue weighted by Gasteiger charge is 2.51. The largest absolute Gasteiger partial charge is 0.481 e. The third kappa shape index (κ3) is 4.60. The number of carbonyl (C=O) groups is 3. The van der Waals surface area contributed by atoms with Crippen molar-refractivity contribution in [1.29, 1.82) is 0 Å². The van der Waals surface area contributed by atoms with E-state index in [2.05, 4.69) is 0 Å². The second-order valence-electron chi connectivity index (χ2n) is 6.30. The number of hydrogen-bond acceptors (Lipinski definition) is 4. The van der Waals surface area contributed by atoms with Crippen molar-refractivity contribution in [2.24, 2.45) is 0 Å². The summed E-state index contributed by atoms with van der Waals surface area (Å²) in [6.07, 6.45) is -1.78. The van der Waals surface area contributed by atoms with Crippen LogP contribution < -0.4 is 0 Å². The lowest BCUT2D eigenvalue weighted by molar-refractivity contribution is -0.168. The van der Waals surface area contributed by atoms with E-state index in [0.717, 1.165) is 0 Å². The van der Waals surface area contributed by atoms with Gasteiger partial charge in [-0.1, -0.05) is 20.8 Å². The number of rotatable bonds is 7. The van der Waals surface area contributed by atoms with Crippen molar-refractivity contribution in [1.82, 2.24) is 0 Å². The number of aliphatic carboxylic acids is 3. The van der Waals surface area contributed by atoms with Gasteiger partial charge in [0.05, 0.1) is 12.8 Å². The van der Waals surface area contributed by atoms with Crippen LogP contribution in [0, 0.1) is 0 Å². The molecule has 0 aliphatic heterocycles. The standard InChI is InChI=1S/C12H22O7Si/c1-11(2,3)20(4,5)19-12(10(17)18,6-8(13)14)7-9(15)16/h6-7H2,1-5H3,(H,13,14)(H,15,16)(H,17,18). The van der Waals surface area contributed by atoms with E-state index >= 15 is 0 Å². The molecular weight excluding hydrogens is 284 g/mol. The average molecular weight is 306 g/mol. The Labute approximate surface area is 118 Å². The Hall–Kier alpha value is -1.41. The molecule has 0 saturated carbocycles. The van der Waals surface area contributed by atoms with Gasteiger partial charge in [-0.15, -0.1) is 0 Å². The number of hydrogen-bond donors (Lipinski definition) is 3. The van der Waals surface area contributed by atoms with Crippen LogP contribution in [0.4, 0.5) is 0 Å². The van der Waals surface area contributed by atoms with Gasteiger partial charge in [0.25, 0.3) is 0 Å². The van der Waals surface area contributed by atoms with Crippen LogP contribution >= 0.6 is 0 Å². The second-order valence-corrected chi connectivity index (χ2v) is 11.0. The third-order valence-electron chi connectivity index (χ3n) is 3.52. The van der Waals surface area contributed by atoms with Gasteiger partial charge >= 0.3 is 17.9 Å². The lowest BCUT2D eigenvalue weighted by atomic mass is 9.96. The summed E-state index contributed by atoms with van der Waals surface area (Å²) in [6, 6.07) is 0. The molecule has 116 valence electrons. The van der Waals surface area contributed by atoms with Gasteiger partial charge in [-0.25, -0.2) is 4.79 Å². The molecule has 0 aromatic carbocycles. The lowest BCUT2D eigenvalue weighted by Crippen LogP contribution is -2.55. The van der Waals surface area contributed by atoms with Gasteiger partial charge in [-0.3, -0.25) is 9.59 Å². The number of carboxylic acid groups (broad SMARTS) is 3. The molecule has 0 spiro atoms. The average Bonchev–Trinajstić information content (AvgIpc) is 2.11.